The van der Waals surface area contributed by atoms with Gasteiger partial charge in [0.2, 0.25) is 0 Å². The Bertz CT molecular complexity index is 1370. The molecule has 0 amide bonds. The molecule has 3 heterocycles. The standard InChI is InChI=1S/C25H21N3O2S/c1-16-22(15-29-26-2)20-8-6-19(13-25(20)31-16)30-24-9-11-28-23-12-17(5-7-21(23)24)18-4-3-10-27-14-18/h3-14,26H,15H2,1-2H3. The summed E-state index contributed by atoms with van der Waals surface area (Å²) in [5.74, 6) is 1.59. The lowest BCUT2D eigenvalue weighted by molar-refractivity contribution is 0.0450. The van der Waals surface area contributed by atoms with Crippen LogP contribution in [0.1, 0.15) is 10.4 Å². The maximum atomic E-state index is 6.29. The summed E-state index contributed by atoms with van der Waals surface area (Å²) in [6, 6.07) is 18.3. The summed E-state index contributed by atoms with van der Waals surface area (Å²) in [5, 5.41) is 2.17. The molecule has 0 spiro atoms. The summed E-state index contributed by atoms with van der Waals surface area (Å²) in [4.78, 5) is 15.4. The fourth-order valence-electron chi connectivity index (χ4n) is 3.69. The quantitative estimate of drug-likeness (QED) is 0.324. The van der Waals surface area contributed by atoms with Crippen LogP contribution in [-0.4, -0.2) is 17.0 Å². The number of fused-ring (bicyclic) bond motifs is 2. The molecule has 5 nitrogen and oxygen atoms in total. The van der Waals surface area contributed by atoms with E-state index in [2.05, 4.69) is 52.7 Å². The molecule has 0 radical (unpaired) electrons. The van der Waals surface area contributed by atoms with E-state index in [1.54, 1.807) is 30.8 Å². The highest BCUT2D eigenvalue weighted by Gasteiger charge is 2.12. The van der Waals surface area contributed by atoms with Gasteiger partial charge in [-0.25, -0.2) is 5.48 Å². The first-order valence-electron chi connectivity index (χ1n) is 10.0. The van der Waals surface area contributed by atoms with Crippen molar-refractivity contribution in [3.63, 3.8) is 0 Å². The molecule has 5 rings (SSSR count). The largest absolute Gasteiger partial charge is 0.457 e. The van der Waals surface area contributed by atoms with Crippen LogP contribution in [0.2, 0.25) is 0 Å². The normalized spacial score (nSPS) is 11.3. The van der Waals surface area contributed by atoms with Gasteiger partial charge in [-0.1, -0.05) is 12.1 Å². The van der Waals surface area contributed by atoms with E-state index >= 15 is 0 Å². The fourth-order valence-corrected chi connectivity index (χ4v) is 4.79. The monoisotopic (exact) mass is 427 g/mol. The van der Waals surface area contributed by atoms with Crippen molar-refractivity contribution in [2.45, 2.75) is 13.5 Å². The van der Waals surface area contributed by atoms with E-state index in [4.69, 9.17) is 9.57 Å². The Balaban J connectivity index is 1.48. The van der Waals surface area contributed by atoms with E-state index in [0.29, 0.717) is 6.61 Å². The topological polar surface area (TPSA) is 56.3 Å². The molecule has 31 heavy (non-hydrogen) atoms. The van der Waals surface area contributed by atoms with Crippen molar-refractivity contribution < 1.29 is 9.57 Å². The predicted molar refractivity (Wildman–Crippen MR) is 125 cm³/mol. The Hall–Kier alpha value is -3.32. The molecule has 6 heteroatoms. The van der Waals surface area contributed by atoms with E-state index in [1.165, 1.54) is 20.5 Å². The number of aromatic nitrogens is 2. The smallest absolute Gasteiger partial charge is 0.138 e. The second-order valence-electron chi connectivity index (χ2n) is 7.17. The first kappa shape index (κ1) is 19.6. The average Bonchev–Trinajstić information content (AvgIpc) is 3.12. The number of pyridine rings is 2. The molecule has 0 aliphatic heterocycles. The number of thiophene rings is 1. The second kappa shape index (κ2) is 8.43. The first-order valence-corrected chi connectivity index (χ1v) is 10.8. The maximum Gasteiger partial charge on any atom is 0.138 e. The van der Waals surface area contributed by atoms with Crippen LogP contribution in [0.3, 0.4) is 0 Å². The lowest BCUT2D eigenvalue weighted by Crippen LogP contribution is -2.06. The van der Waals surface area contributed by atoms with Gasteiger partial charge in [0.1, 0.15) is 11.5 Å². The van der Waals surface area contributed by atoms with Gasteiger partial charge in [0.15, 0.2) is 0 Å². The molecule has 0 bridgehead atoms. The number of hydrogen-bond acceptors (Lipinski definition) is 6. The van der Waals surface area contributed by atoms with Crippen molar-refractivity contribution in [3.05, 3.63) is 83.6 Å². The van der Waals surface area contributed by atoms with Crippen LogP contribution in [0.25, 0.3) is 32.1 Å². The molecule has 0 saturated heterocycles. The summed E-state index contributed by atoms with van der Waals surface area (Å²) >= 11 is 1.75. The first-order chi connectivity index (χ1) is 15.2. The average molecular weight is 428 g/mol. The maximum absolute atomic E-state index is 6.29. The van der Waals surface area contributed by atoms with Gasteiger partial charge in [-0.05, 0) is 60.3 Å². The van der Waals surface area contributed by atoms with Crippen LogP contribution in [0.15, 0.2) is 73.2 Å². The van der Waals surface area contributed by atoms with Crippen molar-refractivity contribution in [2.24, 2.45) is 0 Å². The predicted octanol–water partition coefficient (Wildman–Crippen LogP) is 6.26. The van der Waals surface area contributed by atoms with E-state index in [0.717, 1.165) is 33.5 Å². The van der Waals surface area contributed by atoms with Crippen molar-refractivity contribution in [2.75, 3.05) is 7.05 Å². The summed E-state index contributed by atoms with van der Waals surface area (Å²) in [6.45, 7) is 2.66. The number of benzene rings is 2. The Morgan fingerprint density at radius 1 is 0.968 bits per heavy atom. The SMILES string of the molecule is CNOCc1c(C)sc2cc(Oc3ccnc4cc(-c5cccnc5)ccc34)ccc12. The molecule has 0 unspecified atom stereocenters. The van der Waals surface area contributed by atoms with E-state index < -0.39 is 0 Å². The number of ether oxygens (including phenoxy) is 1. The van der Waals surface area contributed by atoms with Gasteiger partial charge in [-0.3, -0.25) is 14.8 Å². The minimum Gasteiger partial charge on any atom is -0.457 e. The van der Waals surface area contributed by atoms with Gasteiger partial charge < -0.3 is 4.74 Å². The zero-order valence-corrected chi connectivity index (χ0v) is 18.1. The van der Waals surface area contributed by atoms with E-state index in [1.807, 2.05) is 30.5 Å². The van der Waals surface area contributed by atoms with E-state index in [9.17, 15) is 0 Å². The zero-order chi connectivity index (χ0) is 21.2. The van der Waals surface area contributed by atoms with Gasteiger partial charge in [0.25, 0.3) is 0 Å². The Morgan fingerprint density at radius 3 is 2.71 bits per heavy atom. The minimum absolute atomic E-state index is 0.538. The third-order valence-corrected chi connectivity index (χ3v) is 6.36. The van der Waals surface area contributed by atoms with Crippen molar-refractivity contribution in [3.8, 4) is 22.6 Å². The summed E-state index contributed by atoms with van der Waals surface area (Å²) in [7, 11) is 1.77. The van der Waals surface area contributed by atoms with Gasteiger partial charge in [-0.2, -0.15) is 0 Å². The van der Waals surface area contributed by atoms with Crippen LogP contribution in [-0.2, 0) is 11.4 Å². The number of rotatable bonds is 6. The lowest BCUT2D eigenvalue weighted by Gasteiger charge is -2.10. The lowest BCUT2D eigenvalue weighted by atomic mass is 10.1. The Morgan fingerprint density at radius 2 is 1.87 bits per heavy atom. The molecule has 0 aliphatic carbocycles. The van der Waals surface area contributed by atoms with Gasteiger partial charge >= 0.3 is 0 Å². The number of hydroxylamine groups is 1. The number of nitrogens with zero attached hydrogens (tertiary/aromatic N) is 2. The van der Waals surface area contributed by atoms with Crippen LogP contribution < -0.4 is 10.2 Å². The number of aryl methyl sites for hydroxylation is 1. The summed E-state index contributed by atoms with van der Waals surface area (Å²) in [6.07, 6.45) is 5.42. The van der Waals surface area contributed by atoms with Gasteiger partial charge in [-0.15, -0.1) is 11.3 Å². The zero-order valence-electron chi connectivity index (χ0n) is 17.3. The Kier molecular flexibility index (Phi) is 5.34. The summed E-state index contributed by atoms with van der Waals surface area (Å²) < 4.78 is 7.47. The van der Waals surface area contributed by atoms with Crippen molar-refractivity contribution in [1.82, 2.24) is 15.4 Å². The van der Waals surface area contributed by atoms with Crippen molar-refractivity contribution >= 4 is 32.3 Å². The molecule has 1 N–H and O–H groups in total. The van der Waals surface area contributed by atoms with Crippen LogP contribution >= 0.6 is 11.3 Å². The molecular formula is C25H21N3O2S. The number of nitrogens with one attached hydrogen (secondary N) is 1. The van der Waals surface area contributed by atoms with Crippen molar-refractivity contribution in [1.29, 1.82) is 0 Å². The highest BCUT2D eigenvalue weighted by Crippen LogP contribution is 2.36. The summed E-state index contributed by atoms with van der Waals surface area (Å²) in [5.41, 5.74) is 6.98. The highest BCUT2D eigenvalue weighted by molar-refractivity contribution is 7.19. The fraction of sp³-hybridized carbons (Fsp3) is 0.120. The highest BCUT2D eigenvalue weighted by atomic mass is 32.1. The van der Waals surface area contributed by atoms with Crippen LogP contribution in [0.4, 0.5) is 0 Å². The molecule has 154 valence electrons. The van der Waals surface area contributed by atoms with Gasteiger partial charge in [0.05, 0.1) is 12.1 Å². The molecule has 0 fully saturated rings. The van der Waals surface area contributed by atoms with Crippen LogP contribution in [0.5, 0.6) is 11.5 Å². The number of hydrogen-bond donors (Lipinski definition) is 1. The molecule has 2 aromatic carbocycles. The second-order valence-corrected chi connectivity index (χ2v) is 8.43. The molecule has 3 aromatic heterocycles. The molecule has 0 saturated carbocycles. The van der Waals surface area contributed by atoms with Gasteiger partial charge in [0, 0.05) is 51.7 Å². The van der Waals surface area contributed by atoms with Crippen LogP contribution in [0, 0.1) is 6.92 Å². The molecule has 5 aromatic rings. The third-order valence-electron chi connectivity index (χ3n) is 5.25. The molecule has 0 atom stereocenters. The molecular weight excluding hydrogens is 406 g/mol. The van der Waals surface area contributed by atoms with E-state index in [-0.39, 0.29) is 0 Å². The molecule has 0 aliphatic rings. The third kappa shape index (κ3) is 3.88. The minimum atomic E-state index is 0.538. The Labute approximate surface area is 184 Å².